The predicted molar refractivity (Wildman–Crippen MR) is 75.6 cm³/mol. The van der Waals surface area contributed by atoms with Gasteiger partial charge in [-0.1, -0.05) is 6.07 Å². The average molecular weight is 247 g/mol. The van der Waals surface area contributed by atoms with Crippen LogP contribution in [-0.4, -0.2) is 43.1 Å². The molecule has 1 aliphatic heterocycles. The number of hydrogen-bond acceptors (Lipinski definition) is 3. The first kappa shape index (κ1) is 13.5. The van der Waals surface area contributed by atoms with E-state index in [4.69, 9.17) is 0 Å². The summed E-state index contributed by atoms with van der Waals surface area (Å²) in [6.45, 7) is 4.75. The third kappa shape index (κ3) is 4.75. The van der Waals surface area contributed by atoms with Gasteiger partial charge in [-0.05, 0) is 64.0 Å². The van der Waals surface area contributed by atoms with Gasteiger partial charge in [0.1, 0.15) is 0 Å². The quantitative estimate of drug-likeness (QED) is 0.833. The molecule has 1 aliphatic rings. The Morgan fingerprint density at radius 3 is 3.06 bits per heavy atom. The normalized spacial score (nSPS) is 20.2. The lowest BCUT2D eigenvalue weighted by Gasteiger charge is -2.25. The minimum Gasteiger partial charge on any atom is -0.316 e. The number of likely N-dealkylation sites (N-methyl/N-ethyl adjacent to an activating group) is 1. The highest BCUT2D eigenvalue weighted by molar-refractivity contribution is 5.03. The minimum atomic E-state index is 0.885. The number of pyridine rings is 1. The molecule has 0 spiro atoms. The fourth-order valence-electron chi connectivity index (χ4n) is 2.54. The molecule has 0 radical (unpaired) electrons. The maximum absolute atomic E-state index is 4.36. The van der Waals surface area contributed by atoms with Crippen LogP contribution >= 0.6 is 0 Å². The number of hydrogen-bond donors (Lipinski definition) is 1. The van der Waals surface area contributed by atoms with Gasteiger partial charge in [0, 0.05) is 24.9 Å². The van der Waals surface area contributed by atoms with Crippen LogP contribution in [0.15, 0.2) is 24.4 Å². The van der Waals surface area contributed by atoms with E-state index < -0.39 is 0 Å². The Morgan fingerprint density at radius 1 is 1.39 bits per heavy atom. The van der Waals surface area contributed by atoms with Gasteiger partial charge in [-0.3, -0.25) is 4.98 Å². The van der Waals surface area contributed by atoms with Crippen molar-refractivity contribution in [3.05, 3.63) is 30.1 Å². The summed E-state index contributed by atoms with van der Waals surface area (Å²) < 4.78 is 0. The molecule has 0 bridgehead atoms. The summed E-state index contributed by atoms with van der Waals surface area (Å²) >= 11 is 0. The number of nitrogens with one attached hydrogen (secondary N) is 1. The van der Waals surface area contributed by atoms with E-state index in [9.17, 15) is 0 Å². The molecule has 1 unspecified atom stereocenters. The lowest BCUT2D eigenvalue weighted by atomic mass is 9.96. The highest BCUT2D eigenvalue weighted by Crippen LogP contribution is 2.14. The second-order valence-corrected chi connectivity index (χ2v) is 5.38. The molecule has 1 atom stereocenters. The Kier molecular flexibility index (Phi) is 5.62. The molecule has 18 heavy (non-hydrogen) atoms. The van der Waals surface area contributed by atoms with Gasteiger partial charge >= 0.3 is 0 Å². The van der Waals surface area contributed by atoms with Crippen LogP contribution in [0, 0.1) is 5.92 Å². The number of aromatic nitrogens is 1. The number of piperidine rings is 1. The molecule has 0 saturated carbocycles. The highest BCUT2D eigenvalue weighted by Gasteiger charge is 2.13. The molecule has 0 aliphatic carbocycles. The molecule has 1 aromatic heterocycles. The van der Waals surface area contributed by atoms with Gasteiger partial charge in [0.05, 0.1) is 0 Å². The van der Waals surface area contributed by atoms with Crippen LogP contribution < -0.4 is 5.32 Å². The Hall–Kier alpha value is -0.930. The van der Waals surface area contributed by atoms with E-state index in [0.29, 0.717) is 0 Å². The molecule has 2 heterocycles. The summed E-state index contributed by atoms with van der Waals surface area (Å²) in [6, 6.07) is 6.15. The molecule has 1 saturated heterocycles. The van der Waals surface area contributed by atoms with Gasteiger partial charge in [-0.25, -0.2) is 0 Å². The molecule has 100 valence electrons. The van der Waals surface area contributed by atoms with Crippen molar-refractivity contribution in [3.63, 3.8) is 0 Å². The molecular weight excluding hydrogens is 222 g/mol. The maximum Gasteiger partial charge on any atom is 0.0416 e. The third-order valence-corrected chi connectivity index (χ3v) is 3.79. The molecule has 2 rings (SSSR count). The maximum atomic E-state index is 4.36. The Balaban J connectivity index is 1.61. The van der Waals surface area contributed by atoms with Crippen molar-refractivity contribution >= 4 is 0 Å². The topological polar surface area (TPSA) is 28.2 Å². The smallest absolute Gasteiger partial charge is 0.0416 e. The summed E-state index contributed by atoms with van der Waals surface area (Å²) in [4.78, 5) is 6.80. The van der Waals surface area contributed by atoms with Crippen LogP contribution in [0.4, 0.5) is 0 Å². The van der Waals surface area contributed by atoms with E-state index in [-0.39, 0.29) is 0 Å². The molecule has 0 amide bonds. The van der Waals surface area contributed by atoms with Gasteiger partial charge in [-0.15, -0.1) is 0 Å². The zero-order valence-electron chi connectivity index (χ0n) is 11.4. The standard InChI is InChI=1S/C15H25N3/c1-18(11-7-14-5-4-9-16-13-14)12-8-15-6-2-3-10-17-15/h2-3,6,10,14,16H,4-5,7-9,11-13H2,1H3. The van der Waals surface area contributed by atoms with E-state index in [2.05, 4.69) is 34.4 Å². The molecule has 1 N–H and O–H groups in total. The van der Waals surface area contributed by atoms with Gasteiger partial charge in [0.25, 0.3) is 0 Å². The second kappa shape index (κ2) is 7.49. The van der Waals surface area contributed by atoms with Crippen molar-refractivity contribution < 1.29 is 0 Å². The van der Waals surface area contributed by atoms with E-state index in [0.717, 1.165) is 18.9 Å². The van der Waals surface area contributed by atoms with Crippen molar-refractivity contribution in [2.75, 3.05) is 33.2 Å². The fraction of sp³-hybridized carbons (Fsp3) is 0.667. The van der Waals surface area contributed by atoms with Crippen molar-refractivity contribution in [2.24, 2.45) is 5.92 Å². The molecule has 0 aromatic carbocycles. The monoisotopic (exact) mass is 247 g/mol. The van der Waals surface area contributed by atoms with Crippen LogP contribution in [0.5, 0.6) is 0 Å². The summed E-state index contributed by atoms with van der Waals surface area (Å²) in [6.07, 6.45) is 7.01. The SMILES string of the molecule is CN(CCc1ccccn1)CCC1CCCNC1. The van der Waals surface area contributed by atoms with E-state index in [1.54, 1.807) is 0 Å². The fourth-order valence-corrected chi connectivity index (χ4v) is 2.54. The summed E-state index contributed by atoms with van der Waals surface area (Å²) in [5.41, 5.74) is 1.20. The molecule has 1 fully saturated rings. The van der Waals surface area contributed by atoms with E-state index in [1.165, 1.54) is 44.6 Å². The van der Waals surface area contributed by atoms with Gasteiger partial charge in [-0.2, -0.15) is 0 Å². The molecular formula is C15H25N3. The number of nitrogens with zero attached hydrogens (tertiary/aromatic N) is 2. The van der Waals surface area contributed by atoms with Crippen LogP contribution in [0.3, 0.4) is 0 Å². The Bertz CT molecular complexity index is 320. The lowest BCUT2D eigenvalue weighted by Crippen LogP contribution is -2.32. The van der Waals surface area contributed by atoms with Gasteiger partial charge < -0.3 is 10.2 Å². The van der Waals surface area contributed by atoms with E-state index in [1.807, 2.05) is 12.3 Å². The van der Waals surface area contributed by atoms with Gasteiger partial charge in [0.2, 0.25) is 0 Å². The Morgan fingerprint density at radius 2 is 2.33 bits per heavy atom. The average Bonchev–Trinajstić information content (AvgIpc) is 2.45. The lowest BCUT2D eigenvalue weighted by molar-refractivity contribution is 0.275. The first-order chi connectivity index (χ1) is 8.84. The summed E-state index contributed by atoms with van der Waals surface area (Å²) in [5, 5.41) is 3.49. The predicted octanol–water partition coefficient (Wildman–Crippen LogP) is 1.95. The highest BCUT2D eigenvalue weighted by atomic mass is 15.1. The third-order valence-electron chi connectivity index (χ3n) is 3.79. The zero-order chi connectivity index (χ0) is 12.6. The largest absolute Gasteiger partial charge is 0.316 e. The Labute approximate surface area is 111 Å². The molecule has 1 aromatic rings. The van der Waals surface area contributed by atoms with Crippen molar-refractivity contribution in [3.8, 4) is 0 Å². The second-order valence-electron chi connectivity index (χ2n) is 5.38. The van der Waals surface area contributed by atoms with Crippen molar-refractivity contribution in [2.45, 2.75) is 25.7 Å². The zero-order valence-corrected chi connectivity index (χ0v) is 11.4. The van der Waals surface area contributed by atoms with Crippen molar-refractivity contribution in [1.82, 2.24) is 15.2 Å². The van der Waals surface area contributed by atoms with Crippen LogP contribution in [-0.2, 0) is 6.42 Å². The summed E-state index contributed by atoms with van der Waals surface area (Å²) in [5.74, 6) is 0.885. The number of rotatable bonds is 6. The minimum absolute atomic E-state index is 0.885. The van der Waals surface area contributed by atoms with Gasteiger partial charge in [0.15, 0.2) is 0 Å². The van der Waals surface area contributed by atoms with E-state index >= 15 is 0 Å². The molecule has 3 nitrogen and oxygen atoms in total. The van der Waals surface area contributed by atoms with Crippen LogP contribution in [0.1, 0.15) is 25.0 Å². The summed E-state index contributed by atoms with van der Waals surface area (Å²) in [7, 11) is 2.22. The molecule has 3 heteroatoms. The van der Waals surface area contributed by atoms with Crippen LogP contribution in [0.25, 0.3) is 0 Å². The first-order valence-corrected chi connectivity index (χ1v) is 7.14. The first-order valence-electron chi connectivity index (χ1n) is 7.14. The van der Waals surface area contributed by atoms with Crippen LogP contribution in [0.2, 0.25) is 0 Å². The van der Waals surface area contributed by atoms with Crippen molar-refractivity contribution in [1.29, 1.82) is 0 Å².